The largest absolute Gasteiger partial charge is 0.492 e. The molecule has 1 aromatic rings. The Balaban J connectivity index is 2.63. The molecule has 1 aromatic carbocycles. The number of rotatable bonds is 7. The van der Waals surface area contributed by atoms with Gasteiger partial charge in [0.1, 0.15) is 5.75 Å². The normalized spacial score (nSPS) is 11.9. The van der Waals surface area contributed by atoms with Crippen LogP contribution in [0.5, 0.6) is 5.75 Å². The molecule has 0 aromatic heterocycles. The van der Waals surface area contributed by atoms with Crippen LogP contribution in [0, 0.1) is 5.92 Å². The highest BCUT2D eigenvalue weighted by atomic mass is 79.9. The van der Waals surface area contributed by atoms with Gasteiger partial charge in [-0.1, -0.05) is 26.0 Å². The van der Waals surface area contributed by atoms with E-state index >= 15 is 0 Å². The molecule has 0 spiro atoms. The number of para-hydroxylation sites is 1. The van der Waals surface area contributed by atoms with Gasteiger partial charge in [-0.3, -0.25) is 0 Å². The van der Waals surface area contributed by atoms with Gasteiger partial charge in [-0.2, -0.15) is 0 Å². The van der Waals surface area contributed by atoms with Crippen molar-refractivity contribution in [3.8, 4) is 5.75 Å². The van der Waals surface area contributed by atoms with Crippen LogP contribution in [0.3, 0.4) is 0 Å². The second-order valence-corrected chi connectivity index (χ2v) is 7.57. The zero-order valence-corrected chi connectivity index (χ0v) is 15.0. The maximum absolute atomic E-state index is 6.00. The van der Waals surface area contributed by atoms with Crippen molar-refractivity contribution in [2.24, 2.45) is 5.92 Å². The van der Waals surface area contributed by atoms with Gasteiger partial charge in [-0.25, -0.2) is 0 Å². The van der Waals surface area contributed by atoms with Gasteiger partial charge in [-0.15, -0.1) is 0 Å². The average molecular weight is 342 g/mol. The van der Waals surface area contributed by atoms with Crippen molar-refractivity contribution < 1.29 is 4.74 Å². The number of ether oxygens (including phenoxy) is 1. The molecule has 1 N–H and O–H groups in total. The monoisotopic (exact) mass is 341 g/mol. The minimum Gasteiger partial charge on any atom is -0.492 e. The first-order chi connectivity index (χ1) is 9.29. The van der Waals surface area contributed by atoms with E-state index in [1.165, 1.54) is 12.0 Å². The molecule has 0 radical (unpaired) electrons. The fraction of sp³-hybridized carbons (Fsp3) is 0.647. The third-order valence-electron chi connectivity index (χ3n) is 3.03. The Labute approximate surface area is 132 Å². The molecule has 0 fully saturated rings. The lowest BCUT2D eigenvalue weighted by Gasteiger charge is -2.22. The van der Waals surface area contributed by atoms with E-state index in [1.807, 2.05) is 6.07 Å². The molecule has 0 aliphatic heterocycles. The molecule has 20 heavy (non-hydrogen) atoms. The topological polar surface area (TPSA) is 21.3 Å². The van der Waals surface area contributed by atoms with Crippen LogP contribution in [-0.2, 0) is 6.54 Å². The lowest BCUT2D eigenvalue weighted by molar-refractivity contribution is 0.291. The molecule has 3 heteroatoms. The Kier molecular flexibility index (Phi) is 7.04. The molecule has 0 aliphatic rings. The van der Waals surface area contributed by atoms with Gasteiger partial charge < -0.3 is 10.1 Å². The van der Waals surface area contributed by atoms with Gasteiger partial charge in [-0.05, 0) is 61.5 Å². The Morgan fingerprint density at radius 2 is 1.95 bits per heavy atom. The molecule has 0 amide bonds. The number of hydrogen-bond donors (Lipinski definition) is 1. The second kappa shape index (κ2) is 8.04. The quantitative estimate of drug-likeness (QED) is 0.692. The van der Waals surface area contributed by atoms with E-state index in [2.05, 4.69) is 68.0 Å². The minimum absolute atomic E-state index is 0.108. The predicted molar refractivity (Wildman–Crippen MR) is 90.3 cm³/mol. The van der Waals surface area contributed by atoms with Crippen LogP contribution in [-0.4, -0.2) is 12.1 Å². The van der Waals surface area contributed by atoms with E-state index in [-0.39, 0.29) is 5.54 Å². The molecule has 0 aliphatic carbocycles. The highest BCUT2D eigenvalue weighted by Gasteiger charge is 2.12. The van der Waals surface area contributed by atoms with E-state index in [0.29, 0.717) is 0 Å². The van der Waals surface area contributed by atoms with Crippen molar-refractivity contribution >= 4 is 15.9 Å². The van der Waals surface area contributed by atoms with Gasteiger partial charge >= 0.3 is 0 Å². The van der Waals surface area contributed by atoms with Crippen molar-refractivity contribution in [3.63, 3.8) is 0 Å². The molecule has 0 saturated carbocycles. The van der Waals surface area contributed by atoms with Crippen molar-refractivity contribution in [1.29, 1.82) is 0 Å². The highest BCUT2D eigenvalue weighted by molar-refractivity contribution is 9.10. The number of hydrogen-bond acceptors (Lipinski definition) is 2. The summed E-state index contributed by atoms with van der Waals surface area (Å²) in [4.78, 5) is 0. The molecular weight excluding hydrogens is 314 g/mol. The lowest BCUT2D eigenvalue weighted by Crippen LogP contribution is -2.35. The summed E-state index contributed by atoms with van der Waals surface area (Å²) in [7, 11) is 0. The fourth-order valence-corrected chi connectivity index (χ4v) is 2.40. The smallest absolute Gasteiger partial charge is 0.137 e. The summed E-state index contributed by atoms with van der Waals surface area (Å²) < 4.78 is 7.03. The lowest BCUT2D eigenvalue weighted by atomic mass is 10.1. The van der Waals surface area contributed by atoms with E-state index in [0.717, 1.165) is 35.7 Å². The molecule has 0 atom stereocenters. The fourth-order valence-electron chi connectivity index (χ4n) is 1.88. The van der Waals surface area contributed by atoms with Crippen LogP contribution >= 0.6 is 15.9 Å². The minimum atomic E-state index is 0.108. The molecular formula is C17H28BrNO. The van der Waals surface area contributed by atoms with Crippen LogP contribution in [0.4, 0.5) is 0 Å². The first-order valence-corrected chi connectivity index (χ1v) is 8.24. The van der Waals surface area contributed by atoms with Crippen LogP contribution in [0.15, 0.2) is 22.7 Å². The molecule has 0 unspecified atom stereocenters. The third-order valence-corrected chi connectivity index (χ3v) is 3.65. The highest BCUT2D eigenvalue weighted by Crippen LogP contribution is 2.29. The van der Waals surface area contributed by atoms with Crippen molar-refractivity contribution in [1.82, 2.24) is 5.32 Å². The summed E-state index contributed by atoms with van der Waals surface area (Å²) in [6, 6.07) is 6.23. The third kappa shape index (κ3) is 6.76. The van der Waals surface area contributed by atoms with Crippen LogP contribution in [0.2, 0.25) is 0 Å². The Morgan fingerprint density at radius 3 is 2.55 bits per heavy atom. The van der Waals surface area contributed by atoms with E-state index in [1.54, 1.807) is 0 Å². The Hall–Kier alpha value is -0.540. The molecule has 0 bridgehead atoms. The zero-order valence-electron chi connectivity index (χ0n) is 13.4. The summed E-state index contributed by atoms with van der Waals surface area (Å²) in [5.74, 6) is 1.72. The maximum Gasteiger partial charge on any atom is 0.137 e. The van der Waals surface area contributed by atoms with Gasteiger partial charge in [0.15, 0.2) is 0 Å². The summed E-state index contributed by atoms with van der Waals surface area (Å²) >= 11 is 3.60. The molecule has 0 saturated heterocycles. The molecule has 0 heterocycles. The van der Waals surface area contributed by atoms with Gasteiger partial charge in [0, 0.05) is 17.6 Å². The van der Waals surface area contributed by atoms with Gasteiger partial charge in [0.25, 0.3) is 0 Å². The summed E-state index contributed by atoms with van der Waals surface area (Å²) in [6.45, 7) is 12.6. The maximum atomic E-state index is 6.00. The molecule has 2 nitrogen and oxygen atoms in total. The number of halogens is 1. The predicted octanol–water partition coefficient (Wildman–Crippen LogP) is 5.15. The number of nitrogens with one attached hydrogen (secondary N) is 1. The standard InChI is InChI=1S/C17H28BrNO/c1-13(2)8-7-11-20-16-14(9-6-10-15(16)18)12-19-17(3,4)5/h6,9-10,13,19H,7-8,11-12H2,1-5H3. The molecule has 114 valence electrons. The van der Waals surface area contributed by atoms with Gasteiger partial charge in [0.05, 0.1) is 11.1 Å². The summed E-state index contributed by atoms with van der Waals surface area (Å²) in [6.07, 6.45) is 2.31. The average Bonchev–Trinajstić information content (AvgIpc) is 2.32. The van der Waals surface area contributed by atoms with Crippen LogP contribution in [0.25, 0.3) is 0 Å². The zero-order chi connectivity index (χ0) is 15.2. The Bertz CT molecular complexity index is 410. The van der Waals surface area contributed by atoms with Crippen molar-refractivity contribution in [2.45, 2.75) is 59.5 Å². The molecule has 1 rings (SSSR count). The van der Waals surface area contributed by atoms with Crippen LogP contribution in [0.1, 0.15) is 53.0 Å². The first kappa shape index (κ1) is 17.5. The van der Waals surface area contributed by atoms with Gasteiger partial charge in [0.2, 0.25) is 0 Å². The second-order valence-electron chi connectivity index (χ2n) is 6.72. The van der Waals surface area contributed by atoms with E-state index in [4.69, 9.17) is 4.74 Å². The summed E-state index contributed by atoms with van der Waals surface area (Å²) in [5, 5.41) is 3.51. The van der Waals surface area contributed by atoms with Crippen molar-refractivity contribution in [3.05, 3.63) is 28.2 Å². The Morgan fingerprint density at radius 1 is 1.25 bits per heavy atom. The van der Waals surface area contributed by atoms with Crippen molar-refractivity contribution in [2.75, 3.05) is 6.61 Å². The van der Waals surface area contributed by atoms with E-state index < -0.39 is 0 Å². The first-order valence-electron chi connectivity index (χ1n) is 7.45. The summed E-state index contributed by atoms with van der Waals surface area (Å²) in [5.41, 5.74) is 1.32. The van der Waals surface area contributed by atoms with E-state index in [9.17, 15) is 0 Å². The van der Waals surface area contributed by atoms with Crippen LogP contribution < -0.4 is 10.1 Å². The number of benzene rings is 1. The SMILES string of the molecule is CC(C)CCCOc1c(Br)cccc1CNC(C)(C)C.